The number of carboxylic acids is 1. The number of benzene rings is 1. The minimum Gasteiger partial charge on any atom is -0.481 e. The second-order valence-corrected chi connectivity index (χ2v) is 5.66. The molecule has 0 radical (unpaired) electrons. The average molecular weight is 290 g/mol. The lowest BCUT2D eigenvalue weighted by molar-refractivity contribution is -0.138. The first kappa shape index (κ1) is 14.5. The summed E-state index contributed by atoms with van der Waals surface area (Å²) in [6.45, 7) is 4.64. The molecule has 1 heterocycles. The Labute approximate surface area is 122 Å². The van der Waals surface area contributed by atoms with E-state index in [1.54, 1.807) is 6.92 Å². The van der Waals surface area contributed by atoms with Gasteiger partial charge in [0.05, 0.1) is 11.6 Å². The van der Waals surface area contributed by atoms with Crippen molar-refractivity contribution in [2.24, 2.45) is 4.99 Å². The van der Waals surface area contributed by atoms with E-state index in [2.05, 4.69) is 11.9 Å². The Morgan fingerprint density at radius 2 is 2.10 bits per heavy atom. The van der Waals surface area contributed by atoms with Crippen LogP contribution >= 0.6 is 11.3 Å². The highest BCUT2D eigenvalue weighted by molar-refractivity contribution is 7.09. The Balaban J connectivity index is 2.46. The molecule has 0 spiro atoms. The van der Waals surface area contributed by atoms with Crippen LogP contribution in [0.15, 0.2) is 41.5 Å². The van der Waals surface area contributed by atoms with Gasteiger partial charge in [0.25, 0.3) is 0 Å². The van der Waals surface area contributed by atoms with Crippen LogP contribution in [0.25, 0.3) is 0 Å². The van der Waals surface area contributed by atoms with Gasteiger partial charge in [-0.1, -0.05) is 25.1 Å². The second kappa shape index (κ2) is 6.52. The normalized spacial score (nSPS) is 13.4. The molecule has 1 N–H and O–H groups in total. The van der Waals surface area contributed by atoms with E-state index in [1.807, 2.05) is 41.1 Å². The fraction of sp³-hybridized carbons (Fsp3) is 0.333. The zero-order chi connectivity index (χ0) is 14.5. The van der Waals surface area contributed by atoms with Gasteiger partial charge in [0.1, 0.15) is 0 Å². The summed E-state index contributed by atoms with van der Waals surface area (Å²) in [6.07, 6.45) is 2.90. The van der Waals surface area contributed by atoms with Gasteiger partial charge in [0.15, 0.2) is 4.80 Å². The van der Waals surface area contributed by atoms with Gasteiger partial charge in [0, 0.05) is 17.6 Å². The van der Waals surface area contributed by atoms with E-state index in [9.17, 15) is 4.79 Å². The van der Waals surface area contributed by atoms with Gasteiger partial charge in [-0.2, -0.15) is 0 Å². The molecule has 0 aliphatic heterocycles. The number of aliphatic carboxylic acids is 1. The van der Waals surface area contributed by atoms with Crippen LogP contribution in [0.3, 0.4) is 0 Å². The molecular weight excluding hydrogens is 272 g/mol. The highest BCUT2D eigenvalue weighted by atomic mass is 32.1. The average Bonchev–Trinajstić information content (AvgIpc) is 2.82. The fourth-order valence-corrected chi connectivity index (χ4v) is 2.90. The van der Waals surface area contributed by atoms with Gasteiger partial charge in [-0.25, -0.2) is 4.99 Å². The van der Waals surface area contributed by atoms with Crippen molar-refractivity contribution in [2.45, 2.75) is 32.7 Å². The first-order valence-corrected chi connectivity index (χ1v) is 7.46. The lowest BCUT2D eigenvalue weighted by Gasteiger charge is -2.01. The van der Waals surface area contributed by atoms with Crippen LogP contribution in [0.1, 0.15) is 31.1 Å². The molecule has 0 aliphatic rings. The maximum atomic E-state index is 11.1. The predicted octanol–water partition coefficient (Wildman–Crippen LogP) is 3.38. The first-order valence-electron chi connectivity index (χ1n) is 6.64. The molecule has 1 aromatic carbocycles. The summed E-state index contributed by atoms with van der Waals surface area (Å²) in [5.74, 6) is -1.30. The topological polar surface area (TPSA) is 54.6 Å². The number of hydrogen-bond donors (Lipinski definition) is 1. The van der Waals surface area contributed by atoms with E-state index in [0.717, 1.165) is 28.3 Å². The molecule has 2 rings (SSSR count). The number of hydrogen-bond acceptors (Lipinski definition) is 3. The number of thiazole rings is 1. The van der Waals surface area contributed by atoms with Crippen LogP contribution in [-0.4, -0.2) is 15.6 Å². The predicted molar refractivity (Wildman–Crippen MR) is 80.3 cm³/mol. The third-order valence-electron chi connectivity index (χ3n) is 2.98. The van der Waals surface area contributed by atoms with Crippen molar-refractivity contribution in [3.8, 4) is 0 Å². The van der Waals surface area contributed by atoms with Crippen molar-refractivity contribution >= 4 is 23.0 Å². The van der Waals surface area contributed by atoms with E-state index in [-0.39, 0.29) is 0 Å². The van der Waals surface area contributed by atoms with E-state index in [4.69, 9.17) is 5.11 Å². The summed E-state index contributed by atoms with van der Waals surface area (Å²) >= 11 is 1.45. The summed E-state index contributed by atoms with van der Waals surface area (Å²) in [4.78, 5) is 17.4. The first-order chi connectivity index (χ1) is 9.61. The molecule has 0 saturated heterocycles. The Kier molecular flexibility index (Phi) is 4.74. The number of aryl methyl sites for hydroxylation is 1. The Bertz CT molecular complexity index is 643. The third-order valence-corrected chi connectivity index (χ3v) is 4.18. The van der Waals surface area contributed by atoms with Gasteiger partial charge in [-0.05, 0) is 25.5 Å². The summed E-state index contributed by atoms with van der Waals surface area (Å²) in [5, 5.41) is 9.12. The maximum absolute atomic E-state index is 11.1. The van der Waals surface area contributed by atoms with Crippen LogP contribution in [0, 0.1) is 0 Å². The second-order valence-electron chi connectivity index (χ2n) is 4.62. The molecular formula is C15H18N2O2S. The largest absolute Gasteiger partial charge is 0.481 e. The zero-order valence-corrected chi connectivity index (χ0v) is 12.4. The van der Waals surface area contributed by atoms with Crippen molar-refractivity contribution < 1.29 is 9.90 Å². The lowest BCUT2D eigenvalue weighted by Crippen LogP contribution is -2.12. The monoisotopic (exact) mass is 290 g/mol. The number of carbonyl (C=O) groups is 1. The number of para-hydroxylation sites is 1. The quantitative estimate of drug-likeness (QED) is 0.917. The maximum Gasteiger partial charge on any atom is 0.311 e. The molecule has 1 aromatic heterocycles. The Morgan fingerprint density at radius 1 is 1.40 bits per heavy atom. The van der Waals surface area contributed by atoms with Gasteiger partial charge in [0.2, 0.25) is 0 Å². The van der Waals surface area contributed by atoms with Crippen molar-refractivity contribution in [3.63, 3.8) is 0 Å². The van der Waals surface area contributed by atoms with Crippen molar-refractivity contribution in [3.05, 3.63) is 46.2 Å². The van der Waals surface area contributed by atoms with Gasteiger partial charge < -0.3 is 9.67 Å². The summed E-state index contributed by atoms with van der Waals surface area (Å²) in [6, 6.07) is 9.72. The third kappa shape index (κ3) is 3.36. The van der Waals surface area contributed by atoms with Crippen LogP contribution in [-0.2, 0) is 11.3 Å². The van der Waals surface area contributed by atoms with Gasteiger partial charge in [-0.15, -0.1) is 11.3 Å². The molecule has 2 aromatic rings. The highest BCUT2D eigenvalue weighted by Crippen LogP contribution is 2.19. The summed E-state index contributed by atoms with van der Waals surface area (Å²) in [7, 11) is 0. The Morgan fingerprint density at radius 3 is 2.70 bits per heavy atom. The van der Waals surface area contributed by atoms with Crippen LogP contribution in [0.5, 0.6) is 0 Å². The fourth-order valence-electron chi connectivity index (χ4n) is 1.82. The van der Waals surface area contributed by atoms with Crippen molar-refractivity contribution in [1.82, 2.24) is 4.57 Å². The van der Waals surface area contributed by atoms with Crippen LogP contribution in [0.2, 0.25) is 0 Å². The standard InChI is InChI=1S/C15H18N2O2S/c1-3-9-17-10-13(11(2)14(18)19)20-15(17)16-12-7-5-4-6-8-12/h4-8,10-11H,3,9H2,1-2H3,(H,18,19)/b16-15+. The SMILES string of the molecule is CCCn1cc(C(C)C(=O)O)s/c1=N/c1ccccc1. The summed E-state index contributed by atoms with van der Waals surface area (Å²) < 4.78 is 2.03. The smallest absolute Gasteiger partial charge is 0.311 e. The zero-order valence-electron chi connectivity index (χ0n) is 11.6. The van der Waals surface area contributed by atoms with Crippen molar-refractivity contribution in [2.75, 3.05) is 0 Å². The molecule has 4 nitrogen and oxygen atoms in total. The van der Waals surface area contributed by atoms with Crippen LogP contribution < -0.4 is 4.80 Å². The van der Waals surface area contributed by atoms with Gasteiger partial charge in [-0.3, -0.25) is 4.79 Å². The van der Waals surface area contributed by atoms with Crippen LogP contribution in [0.4, 0.5) is 5.69 Å². The number of carboxylic acid groups (broad SMARTS) is 1. The van der Waals surface area contributed by atoms with Crippen molar-refractivity contribution in [1.29, 1.82) is 0 Å². The summed E-state index contributed by atoms with van der Waals surface area (Å²) in [5.41, 5.74) is 0.883. The molecule has 5 heteroatoms. The molecule has 106 valence electrons. The number of aromatic nitrogens is 1. The molecule has 0 amide bonds. The molecule has 0 saturated carbocycles. The van der Waals surface area contributed by atoms with E-state index in [1.165, 1.54) is 11.3 Å². The number of nitrogens with zero attached hydrogens (tertiary/aromatic N) is 2. The molecule has 0 bridgehead atoms. The minimum absolute atomic E-state index is 0.497. The van der Waals surface area contributed by atoms with E-state index in [0.29, 0.717) is 0 Å². The molecule has 1 atom stereocenters. The number of rotatable bonds is 5. The lowest BCUT2D eigenvalue weighted by atomic mass is 10.1. The highest BCUT2D eigenvalue weighted by Gasteiger charge is 2.17. The molecule has 0 aliphatic carbocycles. The van der Waals surface area contributed by atoms with Gasteiger partial charge >= 0.3 is 5.97 Å². The molecule has 20 heavy (non-hydrogen) atoms. The van der Waals surface area contributed by atoms with E-state index >= 15 is 0 Å². The van der Waals surface area contributed by atoms with E-state index < -0.39 is 11.9 Å². The molecule has 0 fully saturated rings. The minimum atomic E-state index is -0.804. The molecule has 1 unspecified atom stereocenters. The Hall–Kier alpha value is -1.88.